The molecule has 0 saturated carbocycles. The Morgan fingerprint density at radius 1 is 1.03 bits per heavy atom. The van der Waals surface area contributed by atoms with Crippen LogP contribution in [0, 0.1) is 5.41 Å². The van der Waals surface area contributed by atoms with Crippen molar-refractivity contribution in [3.63, 3.8) is 0 Å². The summed E-state index contributed by atoms with van der Waals surface area (Å²) in [5.74, 6) is -2.43. The Balaban J connectivity index is 2.51. The van der Waals surface area contributed by atoms with Gasteiger partial charge in [0.2, 0.25) is 5.91 Å². The third-order valence-corrected chi connectivity index (χ3v) is 5.64. The van der Waals surface area contributed by atoms with Gasteiger partial charge in [-0.05, 0) is 42.8 Å². The Kier molecular flexibility index (Phi) is 8.99. The molecule has 2 rings (SSSR count). The van der Waals surface area contributed by atoms with Crippen molar-refractivity contribution in [2.45, 2.75) is 57.0 Å². The van der Waals surface area contributed by atoms with Gasteiger partial charge in [0.15, 0.2) is 11.5 Å². The lowest BCUT2D eigenvalue weighted by atomic mass is 9.95. The first-order valence-electron chi connectivity index (χ1n) is 10.2. The van der Waals surface area contributed by atoms with Crippen molar-refractivity contribution in [2.75, 3.05) is 5.32 Å². The minimum atomic E-state index is -4.56. The van der Waals surface area contributed by atoms with Gasteiger partial charge in [0.25, 0.3) is 0 Å². The molecule has 2 N–H and O–H groups in total. The summed E-state index contributed by atoms with van der Waals surface area (Å²) in [5.41, 5.74) is -0.368. The van der Waals surface area contributed by atoms with E-state index < -0.39 is 41.6 Å². The van der Waals surface area contributed by atoms with Gasteiger partial charge >= 0.3 is 18.8 Å². The molecule has 0 fully saturated rings. The molecule has 0 saturated heterocycles. The van der Waals surface area contributed by atoms with E-state index in [0.29, 0.717) is 11.8 Å². The van der Waals surface area contributed by atoms with Crippen molar-refractivity contribution in [3.8, 4) is 17.2 Å². The molecule has 0 spiro atoms. The zero-order chi connectivity index (χ0) is 26.6. The smallest absolute Gasteiger partial charge is 0.400 e. The van der Waals surface area contributed by atoms with Crippen LogP contribution in [0.5, 0.6) is 17.2 Å². The van der Waals surface area contributed by atoms with E-state index in [1.807, 2.05) is 0 Å². The van der Waals surface area contributed by atoms with Crippen LogP contribution in [0.15, 0.2) is 41.3 Å². The van der Waals surface area contributed by atoms with Crippen LogP contribution in [0.1, 0.15) is 33.3 Å². The van der Waals surface area contributed by atoms with E-state index in [1.54, 1.807) is 20.8 Å². The fourth-order valence-corrected chi connectivity index (χ4v) is 3.50. The summed E-state index contributed by atoms with van der Waals surface area (Å²) in [5, 5.41) is 9.75. The second-order valence-electron chi connectivity index (χ2n) is 8.50. The van der Waals surface area contributed by atoms with Gasteiger partial charge in [0, 0.05) is 11.1 Å². The number of halogens is 5. The molecular formula is C23H24F5NO5S. The Bertz CT molecular complexity index is 1070. The second kappa shape index (κ2) is 11.1. The maximum Gasteiger partial charge on any atom is 0.400 e. The maximum absolute atomic E-state index is 13.3. The van der Waals surface area contributed by atoms with Gasteiger partial charge in [-0.1, -0.05) is 26.8 Å². The number of aliphatic carboxylic acids is 1. The highest BCUT2D eigenvalue weighted by atomic mass is 32.2. The van der Waals surface area contributed by atoms with Crippen LogP contribution in [-0.2, 0) is 16.0 Å². The van der Waals surface area contributed by atoms with Crippen molar-refractivity contribution >= 4 is 29.3 Å². The third-order valence-electron chi connectivity index (χ3n) is 4.45. The standard InChI is InChI=1S/C23H24F5NO5S/c1-12(23(26,27)28)35-18-11-14(29-20(32)22(2,3)4)6-8-16(18)33-17-9-13(10-19(30)31)5-7-15(17)34-21(24)25/h5-9,11-12,21H,10H2,1-4H3,(H,29,32)(H,30,31). The second-order valence-corrected chi connectivity index (χ2v) is 9.88. The van der Waals surface area contributed by atoms with E-state index in [4.69, 9.17) is 9.84 Å². The van der Waals surface area contributed by atoms with Crippen LogP contribution in [0.3, 0.4) is 0 Å². The molecule has 0 aromatic heterocycles. The molecule has 0 radical (unpaired) electrons. The number of ether oxygens (including phenoxy) is 2. The number of nitrogens with one attached hydrogen (secondary N) is 1. The molecule has 2 aromatic rings. The van der Waals surface area contributed by atoms with E-state index in [1.165, 1.54) is 24.3 Å². The molecule has 6 nitrogen and oxygen atoms in total. The number of anilines is 1. The highest BCUT2D eigenvalue weighted by Gasteiger charge is 2.37. The van der Waals surface area contributed by atoms with E-state index in [-0.39, 0.29) is 33.6 Å². The van der Waals surface area contributed by atoms with E-state index in [9.17, 15) is 31.5 Å². The van der Waals surface area contributed by atoms with Crippen molar-refractivity contribution in [1.82, 2.24) is 0 Å². The molecule has 0 bridgehead atoms. The minimum absolute atomic E-state index is 0.0341. The minimum Gasteiger partial charge on any atom is -0.481 e. The van der Waals surface area contributed by atoms with Gasteiger partial charge in [-0.15, -0.1) is 11.8 Å². The summed E-state index contributed by atoms with van der Waals surface area (Å²) in [7, 11) is 0. The number of thioether (sulfide) groups is 1. The van der Waals surface area contributed by atoms with Gasteiger partial charge < -0.3 is 19.9 Å². The first kappa shape index (κ1) is 28.2. The topological polar surface area (TPSA) is 84.9 Å². The van der Waals surface area contributed by atoms with Crippen molar-refractivity contribution in [3.05, 3.63) is 42.0 Å². The molecule has 0 aliphatic heterocycles. The zero-order valence-corrected chi connectivity index (χ0v) is 20.0. The van der Waals surface area contributed by atoms with E-state index in [0.717, 1.165) is 19.1 Å². The Morgan fingerprint density at radius 2 is 1.66 bits per heavy atom. The summed E-state index contributed by atoms with van der Waals surface area (Å²) in [6.45, 7) is 2.70. The Labute approximate surface area is 202 Å². The molecule has 0 aliphatic carbocycles. The summed E-state index contributed by atoms with van der Waals surface area (Å²) in [6.07, 6.45) is -5.01. The van der Waals surface area contributed by atoms with Gasteiger partial charge in [-0.3, -0.25) is 9.59 Å². The number of amides is 1. The molecule has 1 atom stereocenters. The first-order chi connectivity index (χ1) is 16.1. The van der Waals surface area contributed by atoms with Crippen LogP contribution in [-0.4, -0.2) is 35.0 Å². The average Bonchev–Trinajstić information content (AvgIpc) is 2.69. The summed E-state index contributed by atoms with van der Waals surface area (Å²) >= 11 is 0.395. The van der Waals surface area contributed by atoms with Crippen LogP contribution < -0.4 is 14.8 Å². The number of carboxylic acid groups (broad SMARTS) is 1. The molecule has 35 heavy (non-hydrogen) atoms. The van der Waals surface area contributed by atoms with E-state index in [2.05, 4.69) is 10.1 Å². The van der Waals surface area contributed by atoms with Crippen LogP contribution in [0.4, 0.5) is 27.6 Å². The number of carboxylic acids is 1. The van der Waals surface area contributed by atoms with Gasteiger partial charge in [-0.2, -0.15) is 22.0 Å². The molecule has 2 aromatic carbocycles. The molecule has 1 unspecified atom stereocenters. The number of carbonyl (C=O) groups excluding carboxylic acids is 1. The van der Waals surface area contributed by atoms with Crippen molar-refractivity contribution in [1.29, 1.82) is 0 Å². The summed E-state index contributed by atoms with van der Waals surface area (Å²) < 4.78 is 75.5. The fourth-order valence-electron chi connectivity index (χ4n) is 2.57. The summed E-state index contributed by atoms with van der Waals surface area (Å²) in [4.78, 5) is 23.3. The lowest BCUT2D eigenvalue weighted by Crippen LogP contribution is -2.27. The molecule has 192 valence electrons. The van der Waals surface area contributed by atoms with Crippen LogP contribution >= 0.6 is 11.8 Å². The van der Waals surface area contributed by atoms with Gasteiger partial charge in [0.05, 0.1) is 11.3 Å². The normalized spacial score (nSPS) is 12.9. The third kappa shape index (κ3) is 8.61. The molecular weight excluding hydrogens is 497 g/mol. The number of hydrogen-bond acceptors (Lipinski definition) is 5. The number of benzene rings is 2. The largest absolute Gasteiger partial charge is 0.481 e. The molecule has 0 aliphatic rings. The van der Waals surface area contributed by atoms with Crippen LogP contribution in [0.2, 0.25) is 0 Å². The fraction of sp³-hybridized carbons (Fsp3) is 0.391. The highest BCUT2D eigenvalue weighted by molar-refractivity contribution is 8.00. The Hall–Kier alpha value is -3.02. The van der Waals surface area contributed by atoms with Gasteiger partial charge in [-0.25, -0.2) is 0 Å². The van der Waals surface area contributed by atoms with Gasteiger partial charge in [0.1, 0.15) is 11.0 Å². The monoisotopic (exact) mass is 521 g/mol. The highest BCUT2D eigenvalue weighted by Crippen LogP contribution is 2.43. The predicted molar refractivity (Wildman–Crippen MR) is 120 cm³/mol. The van der Waals surface area contributed by atoms with Crippen molar-refractivity contribution < 1.29 is 46.1 Å². The zero-order valence-electron chi connectivity index (χ0n) is 19.2. The van der Waals surface area contributed by atoms with Crippen molar-refractivity contribution in [2.24, 2.45) is 5.41 Å². The van der Waals surface area contributed by atoms with E-state index >= 15 is 0 Å². The Morgan fingerprint density at radius 3 is 2.20 bits per heavy atom. The molecule has 1 amide bonds. The molecule has 0 heterocycles. The number of carbonyl (C=O) groups is 2. The lowest BCUT2D eigenvalue weighted by Gasteiger charge is -2.21. The maximum atomic E-state index is 13.3. The average molecular weight is 522 g/mol. The summed E-state index contributed by atoms with van der Waals surface area (Å²) in [6, 6.07) is 7.44. The number of rotatable bonds is 9. The quantitative estimate of drug-likeness (QED) is 0.281. The predicted octanol–water partition coefficient (Wildman–Crippen LogP) is 6.73. The lowest BCUT2D eigenvalue weighted by molar-refractivity contribution is -0.136. The number of alkyl halides is 5. The number of hydrogen-bond donors (Lipinski definition) is 2. The van der Waals surface area contributed by atoms with Crippen LogP contribution in [0.25, 0.3) is 0 Å². The first-order valence-corrected chi connectivity index (χ1v) is 11.1. The SMILES string of the molecule is CC(Sc1cc(NC(=O)C(C)(C)C)ccc1Oc1cc(CC(=O)O)ccc1OC(F)F)C(F)(F)F. The molecule has 12 heteroatoms.